The molecule has 0 aliphatic heterocycles. The van der Waals surface area contributed by atoms with Gasteiger partial charge in [-0.2, -0.15) is 5.10 Å². The number of halogens is 1. The number of hydrogen-bond acceptors (Lipinski definition) is 3. The Bertz CT molecular complexity index is 524. The molecule has 0 aromatic carbocycles. The number of carboxylic acid groups (broad SMARTS) is 1. The van der Waals surface area contributed by atoms with Crippen LogP contribution in [-0.4, -0.2) is 25.8 Å². The molecule has 2 aromatic heterocycles. The molecule has 0 saturated heterocycles. The lowest BCUT2D eigenvalue weighted by Gasteiger charge is -1.97. The summed E-state index contributed by atoms with van der Waals surface area (Å²) in [7, 11) is 0. The minimum Gasteiger partial charge on any atom is -0.480 e. The quantitative estimate of drug-likeness (QED) is 0.844. The molecule has 0 fully saturated rings. The van der Waals surface area contributed by atoms with E-state index in [2.05, 4.69) is 10.1 Å². The van der Waals surface area contributed by atoms with Gasteiger partial charge < -0.3 is 5.11 Å². The second-order valence-corrected chi connectivity index (χ2v) is 3.18. The number of aliphatic carboxylic acids is 1. The summed E-state index contributed by atoms with van der Waals surface area (Å²) in [6.07, 6.45) is 5.46. The van der Waals surface area contributed by atoms with Crippen molar-refractivity contribution >= 4 is 5.97 Å². The predicted octanol–water partition coefficient (Wildman–Crippen LogP) is 1.17. The van der Waals surface area contributed by atoms with Crippen molar-refractivity contribution < 1.29 is 14.3 Å². The lowest BCUT2D eigenvalue weighted by molar-refractivity contribution is -0.137. The van der Waals surface area contributed by atoms with E-state index in [1.807, 2.05) is 0 Å². The van der Waals surface area contributed by atoms with Crippen molar-refractivity contribution in [1.82, 2.24) is 14.8 Å². The van der Waals surface area contributed by atoms with Gasteiger partial charge >= 0.3 is 5.97 Å². The first-order chi connectivity index (χ1) is 7.66. The Labute approximate surface area is 90.2 Å². The third kappa shape index (κ3) is 2.05. The monoisotopic (exact) mass is 221 g/mol. The van der Waals surface area contributed by atoms with E-state index in [1.165, 1.54) is 29.3 Å². The minimum atomic E-state index is -0.996. The third-order valence-corrected chi connectivity index (χ3v) is 2.01. The van der Waals surface area contributed by atoms with Crippen molar-refractivity contribution in [3.05, 3.63) is 36.7 Å². The van der Waals surface area contributed by atoms with Gasteiger partial charge in [-0.15, -0.1) is 0 Å². The Kier molecular flexibility index (Phi) is 2.63. The van der Waals surface area contributed by atoms with Crippen LogP contribution in [0.5, 0.6) is 0 Å². The van der Waals surface area contributed by atoms with Gasteiger partial charge in [0.2, 0.25) is 0 Å². The maximum atomic E-state index is 13.3. The van der Waals surface area contributed by atoms with E-state index in [0.29, 0.717) is 11.1 Å². The molecule has 0 unspecified atom stereocenters. The zero-order valence-electron chi connectivity index (χ0n) is 8.17. The highest BCUT2D eigenvalue weighted by molar-refractivity contribution is 5.67. The Morgan fingerprint density at radius 3 is 3.00 bits per heavy atom. The molecule has 0 saturated carbocycles. The second kappa shape index (κ2) is 4.09. The largest absolute Gasteiger partial charge is 0.480 e. The Morgan fingerprint density at radius 1 is 1.50 bits per heavy atom. The molecular weight excluding hydrogens is 213 g/mol. The van der Waals surface area contributed by atoms with Gasteiger partial charge in [0.05, 0.1) is 12.4 Å². The first-order valence-electron chi connectivity index (χ1n) is 4.51. The summed E-state index contributed by atoms with van der Waals surface area (Å²) >= 11 is 0. The number of hydrogen-bond donors (Lipinski definition) is 1. The molecule has 0 radical (unpaired) electrons. The molecule has 0 atom stereocenters. The maximum Gasteiger partial charge on any atom is 0.325 e. The van der Waals surface area contributed by atoms with Crippen LogP contribution in [0.3, 0.4) is 0 Å². The molecular formula is C10H8FN3O2. The van der Waals surface area contributed by atoms with Crippen LogP contribution in [0.2, 0.25) is 0 Å². The predicted molar refractivity (Wildman–Crippen MR) is 53.1 cm³/mol. The molecule has 2 rings (SSSR count). The molecule has 0 aliphatic carbocycles. The van der Waals surface area contributed by atoms with E-state index in [9.17, 15) is 9.18 Å². The fourth-order valence-corrected chi connectivity index (χ4v) is 1.34. The minimum absolute atomic E-state index is 0.243. The van der Waals surface area contributed by atoms with Gasteiger partial charge in [-0.3, -0.25) is 14.5 Å². The third-order valence-electron chi connectivity index (χ3n) is 2.01. The highest BCUT2D eigenvalue weighted by atomic mass is 19.1. The Hall–Kier alpha value is -2.24. The summed E-state index contributed by atoms with van der Waals surface area (Å²) in [6.45, 7) is -0.243. The van der Waals surface area contributed by atoms with Crippen LogP contribution >= 0.6 is 0 Å². The molecule has 0 bridgehead atoms. The van der Waals surface area contributed by atoms with Crippen molar-refractivity contribution in [2.75, 3.05) is 0 Å². The Balaban J connectivity index is 2.32. The summed E-state index contributed by atoms with van der Waals surface area (Å²) in [5, 5.41) is 12.4. The van der Waals surface area contributed by atoms with E-state index in [0.717, 1.165) is 6.20 Å². The van der Waals surface area contributed by atoms with Crippen LogP contribution in [0, 0.1) is 5.82 Å². The van der Waals surface area contributed by atoms with E-state index in [-0.39, 0.29) is 6.54 Å². The summed E-state index contributed by atoms with van der Waals surface area (Å²) < 4.78 is 14.6. The summed E-state index contributed by atoms with van der Waals surface area (Å²) in [4.78, 5) is 14.1. The van der Waals surface area contributed by atoms with Crippen LogP contribution in [0.15, 0.2) is 30.9 Å². The maximum absolute atomic E-state index is 13.3. The SMILES string of the molecule is O=C(O)Cn1cc(-c2ccncc2F)cn1. The van der Waals surface area contributed by atoms with Gasteiger partial charge in [0.15, 0.2) is 0 Å². The van der Waals surface area contributed by atoms with Crippen molar-refractivity contribution in [3.8, 4) is 11.1 Å². The fraction of sp³-hybridized carbons (Fsp3) is 0.100. The van der Waals surface area contributed by atoms with Crippen LogP contribution < -0.4 is 0 Å². The zero-order chi connectivity index (χ0) is 11.5. The highest BCUT2D eigenvalue weighted by Crippen LogP contribution is 2.20. The zero-order valence-corrected chi connectivity index (χ0v) is 8.17. The molecule has 2 heterocycles. The van der Waals surface area contributed by atoms with Gasteiger partial charge in [-0.05, 0) is 6.07 Å². The van der Waals surface area contributed by atoms with Gasteiger partial charge in [-0.1, -0.05) is 0 Å². The van der Waals surface area contributed by atoms with Crippen LogP contribution in [0.4, 0.5) is 4.39 Å². The van der Waals surface area contributed by atoms with Crippen molar-refractivity contribution in [1.29, 1.82) is 0 Å². The highest BCUT2D eigenvalue weighted by Gasteiger charge is 2.08. The van der Waals surface area contributed by atoms with E-state index in [4.69, 9.17) is 5.11 Å². The number of pyridine rings is 1. The van der Waals surface area contributed by atoms with Crippen molar-refractivity contribution in [3.63, 3.8) is 0 Å². The number of carboxylic acids is 1. The molecule has 0 aliphatic rings. The van der Waals surface area contributed by atoms with Crippen molar-refractivity contribution in [2.24, 2.45) is 0 Å². The van der Waals surface area contributed by atoms with Gasteiger partial charge in [0.25, 0.3) is 0 Å². The van der Waals surface area contributed by atoms with E-state index < -0.39 is 11.8 Å². The number of rotatable bonds is 3. The van der Waals surface area contributed by atoms with Crippen LogP contribution in [-0.2, 0) is 11.3 Å². The van der Waals surface area contributed by atoms with Gasteiger partial charge in [-0.25, -0.2) is 4.39 Å². The molecule has 1 N–H and O–H groups in total. The summed E-state index contributed by atoms with van der Waals surface area (Å²) in [5.41, 5.74) is 0.882. The average molecular weight is 221 g/mol. The molecule has 0 spiro atoms. The molecule has 16 heavy (non-hydrogen) atoms. The average Bonchev–Trinajstić information content (AvgIpc) is 2.66. The van der Waals surface area contributed by atoms with E-state index >= 15 is 0 Å². The first kappa shape index (κ1) is 10.3. The normalized spacial score (nSPS) is 10.3. The molecule has 0 amide bonds. The summed E-state index contributed by atoms with van der Waals surface area (Å²) in [6, 6.07) is 1.51. The molecule has 2 aromatic rings. The number of carbonyl (C=O) groups is 1. The fourth-order valence-electron chi connectivity index (χ4n) is 1.34. The first-order valence-corrected chi connectivity index (χ1v) is 4.51. The molecule has 82 valence electrons. The lowest BCUT2D eigenvalue weighted by atomic mass is 10.1. The van der Waals surface area contributed by atoms with Gasteiger partial charge in [0.1, 0.15) is 12.4 Å². The smallest absolute Gasteiger partial charge is 0.325 e. The second-order valence-electron chi connectivity index (χ2n) is 3.18. The number of aromatic nitrogens is 3. The number of nitrogens with zero attached hydrogens (tertiary/aromatic N) is 3. The van der Waals surface area contributed by atoms with Crippen molar-refractivity contribution in [2.45, 2.75) is 6.54 Å². The Morgan fingerprint density at radius 2 is 2.31 bits per heavy atom. The summed E-state index contributed by atoms with van der Waals surface area (Å²) in [5.74, 6) is -1.46. The lowest BCUT2D eigenvalue weighted by Crippen LogP contribution is -2.08. The van der Waals surface area contributed by atoms with Crippen LogP contribution in [0.25, 0.3) is 11.1 Å². The van der Waals surface area contributed by atoms with Crippen LogP contribution in [0.1, 0.15) is 0 Å². The molecule has 5 nitrogen and oxygen atoms in total. The van der Waals surface area contributed by atoms with E-state index in [1.54, 1.807) is 0 Å². The topological polar surface area (TPSA) is 68.0 Å². The molecule has 6 heteroatoms. The van der Waals surface area contributed by atoms with Gasteiger partial charge in [0, 0.05) is 23.5 Å². The standard InChI is InChI=1S/C10H8FN3O2/c11-9-4-12-2-1-8(9)7-3-13-14(5-7)6-10(15)16/h1-5H,6H2,(H,15,16).